The van der Waals surface area contributed by atoms with Gasteiger partial charge in [-0.1, -0.05) is 60.6 Å². The fourth-order valence-corrected chi connectivity index (χ4v) is 4.19. The highest BCUT2D eigenvalue weighted by Crippen LogP contribution is 2.40. The molecule has 0 saturated carbocycles. The molecule has 1 atom stereocenters. The van der Waals surface area contributed by atoms with E-state index in [4.69, 9.17) is 20.8 Å². The molecule has 2 aromatic carbocycles. The van der Waals surface area contributed by atoms with Gasteiger partial charge >= 0.3 is 0 Å². The Morgan fingerprint density at radius 2 is 1.81 bits per heavy atom. The minimum Gasteiger partial charge on any atom is -0.455 e. The lowest BCUT2D eigenvalue weighted by molar-refractivity contribution is 0.196. The van der Waals surface area contributed by atoms with Crippen LogP contribution in [0, 0.1) is 0 Å². The number of hydrogen-bond acceptors (Lipinski definition) is 7. The molecule has 1 aliphatic rings. The molecule has 5 rings (SSSR count). The van der Waals surface area contributed by atoms with Crippen LogP contribution < -0.4 is 10.1 Å². The van der Waals surface area contributed by atoms with Gasteiger partial charge in [-0.2, -0.15) is 4.98 Å². The monoisotopic (exact) mass is 450 g/mol. The lowest BCUT2D eigenvalue weighted by Crippen LogP contribution is -2.16. The number of fused-ring (bicyclic) bond motifs is 3. The van der Waals surface area contributed by atoms with Crippen LogP contribution in [0.2, 0.25) is 5.02 Å². The standard InChI is InChI=1S/C23H19ClN4O2S/c1-2-13-31-23-26-22-20(27-28-23)15-8-4-6-10-17(15)25-21(30-22)19-12-11-18(29-19)14-7-3-5-9-16(14)24/h3-12,21,25H,2,13H2,1H3/t21-/m0/s1. The summed E-state index contributed by atoms with van der Waals surface area (Å²) in [6, 6.07) is 19.2. The molecule has 0 bridgehead atoms. The molecule has 0 radical (unpaired) electrons. The summed E-state index contributed by atoms with van der Waals surface area (Å²) in [5.41, 5.74) is 3.17. The molecule has 8 heteroatoms. The topological polar surface area (TPSA) is 73.1 Å². The molecular weight excluding hydrogens is 432 g/mol. The zero-order valence-electron chi connectivity index (χ0n) is 16.7. The molecule has 0 saturated heterocycles. The van der Waals surface area contributed by atoms with Gasteiger partial charge in [0, 0.05) is 22.6 Å². The van der Waals surface area contributed by atoms with Crippen molar-refractivity contribution in [3.63, 3.8) is 0 Å². The van der Waals surface area contributed by atoms with Gasteiger partial charge in [0.1, 0.15) is 5.76 Å². The fourth-order valence-electron chi connectivity index (χ4n) is 3.33. The van der Waals surface area contributed by atoms with Crippen LogP contribution in [0.5, 0.6) is 5.88 Å². The molecule has 31 heavy (non-hydrogen) atoms. The second-order valence-corrected chi connectivity index (χ2v) is 8.44. The van der Waals surface area contributed by atoms with Crippen LogP contribution >= 0.6 is 23.4 Å². The summed E-state index contributed by atoms with van der Waals surface area (Å²) in [6.07, 6.45) is 0.440. The van der Waals surface area contributed by atoms with Crippen molar-refractivity contribution in [2.75, 3.05) is 11.1 Å². The summed E-state index contributed by atoms with van der Waals surface area (Å²) in [7, 11) is 0. The molecule has 0 unspecified atom stereocenters. The Kier molecular flexibility index (Phi) is 5.53. The van der Waals surface area contributed by atoms with Gasteiger partial charge in [-0.25, -0.2) is 0 Å². The number of anilines is 1. The van der Waals surface area contributed by atoms with E-state index in [1.165, 1.54) is 0 Å². The van der Waals surface area contributed by atoms with E-state index in [2.05, 4.69) is 27.4 Å². The van der Waals surface area contributed by atoms with Gasteiger partial charge in [0.15, 0.2) is 11.5 Å². The Morgan fingerprint density at radius 3 is 2.65 bits per heavy atom. The van der Waals surface area contributed by atoms with Crippen LogP contribution in [0.1, 0.15) is 25.3 Å². The van der Waals surface area contributed by atoms with E-state index in [9.17, 15) is 0 Å². The van der Waals surface area contributed by atoms with Crippen molar-refractivity contribution in [3.8, 4) is 28.5 Å². The third-order valence-corrected chi connectivity index (χ3v) is 6.17. The van der Waals surface area contributed by atoms with Crippen molar-refractivity contribution in [3.05, 3.63) is 71.4 Å². The number of benzene rings is 2. The smallest absolute Gasteiger partial charge is 0.247 e. The maximum Gasteiger partial charge on any atom is 0.247 e. The van der Waals surface area contributed by atoms with Crippen LogP contribution in [-0.2, 0) is 0 Å². The van der Waals surface area contributed by atoms with Gasteiger partial charge in [-0.3, -0.25) is 0 Å². The number of halogens is 1. The molecule has 0 aliphatic carbocycles. The van der Waals surface area contributed by atoms with Crippen LogP contribution in [0.25, 0.3) is 22.6 Å². The summed E-state index contributed by atoms with van der Waals surface area (Å²) in [6.45, 7) is 2.12. The molecule has 0 fully saturated rings. The number of ether oxygens (including phenoxy) is 1. The normalized spacial score (nSPS) is 14.7. The molecule has 1 aliphatic heterocycles. The number of thioether (sulfide) groups is 1. The quantitative estimate of drug-likeness (QED) is 0.350. The number of furan rings is 1. The van der Waals surface area contributed by atoms with Crippen molar-refractivity contribution in [2.45, 2.75) is 24.7 Å². The lowest BCUT2D eigenvalue weighted by Gasteiger charge is -2.16. The Labute approximate surface area is 189 Å². The minimum absolute atomic E-state index is 0.423. The van der Waals surface area contributed by atoms with E-state index < -0.39 is 6.23 Å². The highest BCUT2D eigenvalue weighted by atomic mass is 35.5. The van der Waals surface area contributed by atoms with Gasteiger partial charge in [0.25, 0.3) is 0 Å². The average molecular weight is 451 g/mol. The number of aromatic nitrogens is 3. The number of nitrogens with zero attached hydrogens (tertiary/aromatic N) is 3. The third kappa shape index (κ3) is 3.98. The van der Waals surface area contributed by atoms with Crippen molar-refractivity contribution >= 4 is 29.1 Å². The predicted octanol–water partition coefficient (Wildman–Crippen LogP) is 6.46. The Bertz CT molecular complexity index is 1230. The van der Waals surface area contributed by atoms with Gasteiger partial charge in [0.05, 0.1) is 5.02 Å². The fraction of sp³-hybridized carbons (Fsp3) is 0.174. The molecular formula is C23H19ClN4O2S. The molecule has 156 valence electrons. The molecule has 2 aromatic heterocycles. The summed E-state index contributed by atoms with van der Waals surface area (Å²) >= 11 is 7.90. The third-order valence-electron chi connectivity index (χ3n) is 4.79. The summed E-state index contributed by atoms with van der Waals surface area (Å²) in [5.74, 6) is 2.62. The van der Waals surface area contributed by atoms with E-state index in [1.807, 2.05) is 60.7 Å². The summed E-state index contributed by atoms with van der Waals surface area (Å²) < 4.78 is 12.4. The van der Waals surface area contributed by atoms with Crippen molar-refractivity contribution in [1.29, 1.82) is 0 Å². The van der Waals surface area contributed by atoms with E-state index in [1.54, 1.807) is 11.8 Å². The highest BCUT2D eigenvalue weighted by molar-refractivity contribution is 7.99. The molecule has 0 spiro atoms. The first-order chi connectivity index (χ1) is 15.2. The number of nitrogens with one attached hydrogen (secondary N) is 1. The van der Waals surface area contributed by atoms with Gasteiger partial charge in [-0.15, -0.1) is 10.2 Å². The Morgan fingerprint density at radius 1 is 1.00 bits per heavy atom. The number of para-hydroxylation sites is 1. The van der Waals surface area contributed by atoms with Crippen molar-refractivity contribution in [2.24, 2.45) is 0 Å². The zero-order valence-corrected chi connectivity index (χ0v) is 18.3. The summed E-state index contributed by atoms with van der Waals surface area (Å²) in [5, 5.41) is 13.3. The molecule has 0 amide bonds. The van der Waals surface area contributed by atoms with E-state index in [-0.39, 0.29) is 0 Å². The number of rotatable bonds is 5. The average Bonchev–Trinajstić information content (AvgIpc) is 3.22. The second-order valence-electron chi connectivity index (χ2n) is 6.97. The first-order valence-electron chi connectivity index (χ1n) is 9.97. The largest absolute Gasteiger partial charge is 0.455 e. The maximum atomic E-state index is 6.34. The van der Waals surface area contributed by atoms with Crippen molar-refractivity contribution < 1.29 is 9.15 Å². The van der Waals surface area contributed by atoms with Crippen LogP contribution in [0.15, 0.2) is 70.2 Å². The van der Waals surface area contributed by atoms with Gasteiger partial charge in [-0.05, 0) is 36.8 Å². The van der Waals surface area contributed by atoms with Crippen LogP contribution in [0.4, 0.5) is 5.69 Å². The first kappa shape index (κ1) is 19.9. The lowest BCUT2D eigenvalue weighted by atomic mass is 10.1. The predicted molar refractivity (Wildman–Crippen MR) is 122 cm³/mol. The Hall–Kier alpha value is -3.03. The zero-order chi connectivity index (χ0) is 21.2. The highest BCUT2D eigenvalue weighted by Gasteiger charge is 2.28. The SMILES string of the molecule is CCCSc1nnc2c(n1)O[C@@H](c1ccc(-c3ccccc3Cl)o1)Nc1ccccc1-2. The maximum absolute atomic E-state index is 6.34. The van der Waals surface area contributed by atoms with Crippen molar-refractivity contribution in [1.82, 2.24) is 15.2 Å². The minimum atomic E-state index is -0.584. The number of hydrogen-bond donors (Lipinski definition) is 1. The molecule has 4 aromatic rings. The van der Waals surface area contributed by atoms with E-state index in [0.717, 1.165) is 29.0 Å². The van der Waals surface area contributed by atoms with Gasteiger partial charge < -0.3 is 14.5 Å². The van der Waals surface area contributed by atoms with E-state index >= 15 is 0 Å². The molecule has 3 heterocycles. The second kappa shape index (κ2) is 8.61. The first-order valence-corrected chi connectivity index (χ1v) is 11.3. The van der Waals surface area contributed by atoms with Crippen LogP contribution in [-0.4, -0.2) is 20.9 Å². The van der Waals surface area contributed by atoms with Gasteiger partial charge in [0.2, 0.25) is 17.3 Å². The summed E-state index contributed by atoms with van der Waals surface area (Å²) in [4.78, 5) is 4.63. The molecule has 6 nitrogen and oxygen atoms in total. The Balaban J connectivity index is 1.54. The van der Waals surface area contributed by atoms with Crippen LogP contribution in [0.3, 0.4) is 0 Å². The van der Waals surface area contributed by atoms with E-state index in [0.29, 0.717) is 33.3 Å². The molecule has 1 N–H and O–H groups in total.